The predicted molar refractivity (Wildman–Crippen MR) is 94.5 cm³/mol. The molecule has 1 aromatic carbocycles. The van der Waals surface area contributed by atoms with E-state index < -0.39 is 17.3 Å². The first kappa shape index (κ1) is 18.9. The summed E-state index contributed by atoms with van der Waals surface area (Å²) in [4.78, 5) is 35.8. The molecule has 130 valence electrons. The lowest BCUT2D eigenvalue weighted by atomic mass is 10.2. The second kappa shape index (κ2) is 8.60. The Kier molecular flexibility index (Phi) is 6.77. The topological polar surface area (TPSA) is 84.5 Å². The fourth-order valence-corrected chi connectivity index (χ4v) is 3.78. The number of hydrogen-bond acceptors (Lipinski definition) is 5. The Morgan fingerprint density at radius 1 is 1.33 bits per heavy atom. The van der Waals surface area contributed by atoms with E-state index in [1.807, 2.05) is 0 Å². The number of amides is 2. The van der Waals surface area contributed by atoms with Gasteiger partial charge in [0.25, 0.3) is 0 Å². The van der Waals surface area contributed by atoms with E-state index in [1.165, 1.54) is 11.8 Å². The van der Waals surface area contributed by atoms with Crippen LogP contribution < -0.4 is 10.6 Å². The molecule has 1 aliphatic rings. The van der Waals surface area contributed by atoms with Crippen LogP contribution in [-0.2, 0) is 19.1 Å². The second-order valence-electron chi connectivity index (χ2n) is 5.05. The van der Waals surface area contributed by atoms with Crippen molar-refractivity contribution in [3.05, 3.63) is 28.2 Å². The molecule has 0 aliphatic carbocycles. The average Bonchev–Trinajstić information content (AvgIpc) is 2.48. The molecule has 0 radical (unpaired) electrons. The number of nitrogens with one attached hydrogen (secondary N) is 2. The van der Waals surface area contributed by atoms with Crippen molar-refractivity contribution < 1.29 is 19.1 Å². The summed E-state index contributed by atoms with van der Waals surface area (Å²) in [6.45, 7) is 1.95. The first-order valence-electron chi connectivity index (χ1n) is 7.23. The number of esters is 1. The normalized spacial score (nSPS) is 20.2. The maximum absolute atomic E-state index is 12.1. The van der Waals surface area contributed by atoms with E-state index in [1.54, 1.807) is 25.1 Å². The number of thioether (sulfide) groups is 1. The Morgan fingerprint density at radius 2 is 2.00 bits per heavy atom. The van der Waals surface area contributed by atoms with Crippen LogP contribution in [0.3, 0.4) is 0 Å². The van der Waals surface area contributed by atoms with Crippen molar-refractivity contribution >= 4 is 58.4 Å². The highest BCUT2D eigenvalue weighted by atomic mass is 35.5. The molecule has 1 fully saturated rings. The lowest BCUT2D eigenvalue weighted by Crippen LogP contribution is -2.51. The average molecular weight is 391 g/mol. The molecule has 1 heterocycles. The molecule has 0 saturated carbocycles. The molecule has 1 aromatic rings. The molecule has 2 amide bonds. The van der Waals surface area contributed by atoms with Gasteiger partial charge in [-0.15, -0.1) is 11.8 Å². The lowest BCUT2D eigenvalue weighted by Gasteiger charge is -2.27. The molecule has 6 nitrogen and oxygen atoms in total. The standard InChI is InChI=1S/C15H16Cl2N2O4S/c1-2-23-15(22)11-7-24-12(14(21)19-11)6-13(20)18-10-4-8(16)3-9(17)5-10/h3-5,11-12H,2,6-7H2,1H3,(H,18,20)(H,19,21)/t11-,12-/m1/s1. The Bertz CT molecular complexity index is 636. The molecular formula is C15H16Cl2N2O4S. The minimum atomic E-state index is -0.673. The highest BCUT2D eigenvalue weighted by molar-refractivity contribution is 8.00. The van der Waals surface area contributed by atoms with E-state index >= 15 is 0 Å². The van der Waals surface area contributed by atoms with Crippen LogP contribution in [0.15, 0.2) is 18.2 Å². The number of ether oxygens (including phenoxy) is 1. The molecule has 2 rings (SSSR count). The van der Waals surface area contributed by atoms with Gasteiger partial charge in [0.1, 0.15) is 6.04 Å². The summed E-state index contributed by atoms with van der Waals surface area (Å²) in [5, 5.41) is 5.48. The van der Waals surface area contributed by atoms with Crippen molar-refractivity contribution in [3.8, 4) is 0 Å². The van der Waals surface area contributed by atoms with E-state index in [4.69, 9.17) is 27.9 Å². The van der Waals surface area contributed by atoms with Gasteiger partial charge in [0.2, 0.25) is 11.8 Å². The molecule has 9 heteroatoms. The van der Waals surface area contributed by atoms with Gasteiger partial charge in [-0.25, -0.2) is 4.79 Å². The smallest absolute Gasteiger partial charge is 0.329 e. The molecule has 2 N–H and O–H groups in total. The number of anilines is 1. The van der Waals surface area contributed by atoms with Crippen LogP contribution in [0.2, 0.25) is 10.0 Å². The molecule has 2 atom stereocenters. The molecule has 24 heavy (non-hydrogen) atoms. The van der Waals surface area contributed by atoms with Crippen molar-refractivity contribution in [3.63, 3.8) is 0 Å². The molecule has 1 aliphatic heterocycles. The van der Waals surface area contributed by atoms with E-state index in [0.29, 0.717) is 21.5 Å². The first-order valence-corrected chi connectivity index (χ1v) is 9.04. The molecule has 0 spiro atoms. The third-order valence-corrected chi connectivity index (χ3v) is 4.91. The van der Waals surface area contributed by atoms with Gasteiger partial charge in [-0.1, -0.05) is 23.2 Å². The zero-order valence-electron chi connectivity index (χ0n) is 12.8. The van der Waals surface area contributed by atoms with E-state index in [2.05, 4.69) is 10.6 Å². The zero-order valence-corrected chi connectivity index (χ0v) is 15.1. The van der Waals surface area contributed by atoms with Crippen molar-refractivity contribution in [2.45, 2.75) is 24.6 Å². The third-order valence-electron chi connectivity index (χ3n) is 3.16. The van der Waals surface area contributed by atoms with Crippen molar-refractivity contribution in [1.29, 1.82) is 0 Å². The van der Waals surface area contributed by atoms with Crippen LogP contribution >= 0.6 is 35.0 Å². The Morgan fingerprint density at radius 3 is 2.58 bits per heavy atom. The van der Waals surface area contributed by atoms with Gasteiger partial charge in [0.15, 0.2) is 0 Å². The minimum absolute atomic E-state index is 0.0177. The third kappa shape index (κ3) is 5.29. The van der Waals surface area contributed by atoms with Gasteiger partial charge in [0, 0.05) is 27.9 Å². The fraction of sp³-hybridized carbons (Fsp3) is 0.400. The van der Waals surface area contributed by atoms with E-state index in [0.717, 1.165) is 0 Å². The highest BCUT2D eigenvalue weighted by Gasteiger charge is 2.34. The summed E-state index contributed by atoms with van der Waals surface area (Å²) < 4.78 is 4.88. The van der Waals surface area contributed by atoms with Crippen LogP contribution in [0.4, 0.5) is 5.69 Å². The molecular weight excluding hydrogens is 375 g/mol. The van der Waals surface area contributed by atoms with Gasteiger partial charge in [-0.2, -0.15) is 0 Å². The van der Waals surface area contributed by atoms with Gasteiger partial charge in [-0.05, 0) is 25.1 Å². The monoisotopic (exact) mass is 390 g/mol. The van der Waals surface area contributed by atoms with Gasteiger partial charge < -0.3 is 15.4 Å². The molecule has 0 unspecified atom stereocenters. The zero-order chi connectivity index (χ0) is 17.7. The van der Waals surface area contributed by atoms with Crippen LogP contribution in [-0.4, -0.2) is 41.4 Å². The van der Waals surface area contributed by atoms with Crippen molar-refractivity contribution in [2.24, 2.45) is 0 Å². The molecule has 0 aromatic heterocycles. The Balaban J connectivity index is 1.88. The fourth-order valence-electron chi connectivity index (χ4n) is 2.12. The van der Waals surface area contributed by atoms with Gasteiger partial charge in [0.05, 0.1) is 11.9 Å². The molecule has 1 saturated heterocycles. The largest absolute Gasteiger partial charge is 0.464 e. The van der Waals surface area contributed by atoms with Gasteiger partial charge >= 0.3 is 5.97 Å². The summed E-state index contributed by atoms with van der Waals surface area (Å²) in [5.41, 5.74) is 0.461. The number of carbonyl (C=O) groups excluding carboxylic acids is 3. The molecule has 0 bridgehead atoms. The predicted octanol–water partition coefficient (Wildman–Crippen LogP) is 2.49. The summed E-state index contributed by atoms with van der Waals surface area (Å²) in [6.07, 6.45) is -0.0177. The quantitative estimate of drug-likeness (QED) is 0.754. The second-order valence-corrected chi connectivity index (χ2v) is 7.15. The number of carbonyl (C=O) groups is 3. The van der Waals surface area contributed by atoms with E-state index in [9.17, 15) is 14.4 Å². The van der Waals surface area contributed by atoms with E-state index in [-0.39, 0.29) is 24.8 Å². The Labute approximate surface area is 153 Å². The van der Waals surface area contributed by atoms with Crippen LogP contribution in [0.1, 0.15) is 13.3 Å². The SMILES string of the molecule is CCOC(=O)[C@H]1CS[C@H](CC(=O)Nc2cc(Cl)cc(Cl)c2)C(=O)N1. The van der Waals surface area contributed by atoms with Crippen LogP contribution in [0.5, 0.6) is 0 Å². The van der Waals surface area contributed by atoms with Crippen LogP contribution in [0.25, 0.3) is 0 Å². The number of halogens is 2. The minimum Gasteiger partial charge on any atom is -0.464 e. The van der Waals surface area contributed by atoms with Crippen molar-refractivity contribution in [2.75, 3.05) is 17.7 Å². The summed E-state index contributed by atoms with van der Waals surface area (Å²) in [7, 11) is 0. The highest BCUT2D eigenvalue weighted by Crippen LogP contribution is 2.25. The maximum atomic E-state index is 12.1. The maximum Gasteiger partial charge on any atom is 0.329 e. The number of benzene rings is 1. The van der Waals surface area contributed by atoms with Crippen LogP contribution in [0, 0.1) is 0 Å². The lowest BCUT2D eigenvalue weighted by molar-refractivity contribution is -0.146. The van der Waals surface area contributed by atoms with Crippen molar-refractivity contribution in [1.82, 2.24) is 5.32 Å². The van der Waals surface area contributed by atoms with Gasteiger partial charge in [-0.3, -0.25) is 9.59 Å². The summed E-state index contributed by atoms with van der Waals surface area (Å²) in [6, 6.07) is 4.01. The Hall–Kier alpha value is -1.44. The number of hydrogen-bond donors (Lipinski definition) is 2. The summed E-state index contributed by atoms with van der Waals surface area (Å²) >= 11 is 13.0. The number of rotatable bonds is 5. The first-order chi connectivity index (χ1) is 11.4. The summed E-state index contributed by atoms with van der Waals surface area (Å²) in [5.74, 6) is -0.792.